The van der Waals surface area contributed by atoms with E-state index >= 15 is 0 Å². The average Bonchev–Trinajstić information content (AvgIpc) is 2.10. The fourth-order valence-corrected chi connectivity index (χ4v) is 1.19. The summed E-state index contributed by atoms with van der Waals surface area (Å²) in [6.45, 7) is 9.01. The summed E-state index contributed by atoms with van der Waals surface area (Å²) < 4.78 is 0. The highest BCUT2D eigenvalue weighted by atomic mass is 14.5. The van der Waals surface area contributed by atoms with Gasteiger partial charge >= 0.3 is 0 Å². The van der Waals surface area contributed by atoms with Gasteiger partial charge in [0.1, 0.15) is 0 Å². The molecular formula is C9H16. The lowest BCUT2D eigenvalue weighted by atomic mass is 10.1. The largest absolute Gasteiger partial charge is 0.0822 e. The van der Waals surface area contributed by atoms with E-state index in [4.69, 9.17) is 0 Å². The van der Waals surface area contributed by atoms with Crippen LogP contribution in [0.2, 0.25) is 0 Å². The van der Waals surface area contributed by atoms with Crippen LogP contribution < -0.4 is 0 Å². The average molecular weight is 124 g/mol. The van der Waals surface area contributed by atoms with Gasteiger partial charge in [-0.2, -0.15) is 0 Å². The van der Waals surface area contributed by atoms with Gasteiger partial charge in [-0.25, -0.2) is 0 Å². The molecule has 1 fully saturated rings. The molecule has 1 atom stereocenters. The van der Waals surface area contributed by atoms with Gasteiger partial charge in [-0.1, -0.05) is 25.5 Å². The van der Waals surface area contributed by atoms with Crippen LogP contribution in [0.3, 0.4) is 0 Å². The molecule has 0 aromatic heterocycles. The Hall–Kier alpha value is -0.260. The van der Waals surface area contributed by atoms with E-state index in [9.17, 15) is 0 Å². The van der Waals surface area contributed by atoms with Gasteiger partial charge in [-0.15, -0.1) is 0 Å². The van der Waals surface area contributed by atoms with Crippen LogP contribution in [0.25, 0.3) is 0 Å². The summed E-state index contributed by atoms with van der Waals surface area (Å²) in [4.78, 5) is 0. The second-order valence-electron chi connectivity index (χ2n) is 4.04. The fourth-order valence-electron chi connectivity index (χ4n) is 1.19. The van der Waals surface area contributed by atoms with E-state index < -0.39 is 0 Å². The molecular weight excluding hydrogens is 108 g/mol. The van der Waals surface area contributed by atoms with Crippen molar-refractivity contribution < 1.29 is 0 Å². The standard InChI is InChI=1S/C9H16/c1-7(2)5-8-6-9(8,3)4/h5,8H,6H2,1-4H3/t8-/m0/s1. The highest BCUT2D eigenvalue weighted by Gasteiger charge is 2.43. The van der Waals surface area contributed by atoms with E-state index in [1.54, 1.807) is 0 Å². The molecule has 0 heteroatoms. The first-order valence-electron chi connectivity index (χ1n) is 3.67. The van der Waals surface area contributed by atoms with Crippen LogP contribution in [0.5, 0.6) is 0 Å². The van der Waals surface area contributed by atoms with Crippen molar-refractivity contribution >= 4 is 0 Å². The molecule has 0 aliphatic heterocycles. The molecule has 9 heavy (non-hydrogen) atoms. The number of hydrogen-bond acceptors (Lipinski definition) is 0. The maximum atomic E-state index is 2.39. The van der Waals surface area contributed by atoms with Crippen LogP contribution in [0.15, 0.2) is 11.6 Å². The fraction of sp³-hybridized carbons (Fsp3) is 0.778. The summed E-state index contributed by atoms with van der Waals surface area (Å²) in [5.74, 6) is 0.877. The van der Waals surface area contributed by atoms with Crippen molar-refractivity contribution in [2.24, 2.45) is 11.3 Å². The van der Waals surface area contributed by atoms with Gasteiger partial charge in [0.25, 0.3) is 0 Å². The maximum Gasteiger partial charge on any atom is -0.0174 e. The van der Waals surface area contributed by atoms with E-state index in [2.05, 4.69) is 33.8 Å². The molecule has 0 radical (unpaired) electrons. The van der Waals surface area contributed by atoms with Crippen LogP contribution in [-0.4, -0.2) is 0 Å². The van der Waals surface area contributed by atoms with Crippen molar-refractivity contribution in [3.63, 3.8) is 0 Å². The van der Waals surface area contributed by atoms with Crippen molar-refractivity contribution in [2.45, 2.75) is 34.1 Å². The third-order valence-corrected chi connectivity index (χ3v) is 2.12. The van der Waals surface area contributed by atoms with Crippen LogP contribution in [0.1, 0.15) is 34.1 Å². The van der Waals surface area contributed by atoms with Crippen molar-refractivity contribution in [2.75, 3.05) is 0 Å². The molecule has 0 saturated heterocycles. The van der Waals surface area contributed by atoms with Gasteiger partial charge in [0.15, 0.2) is 0 Å². The van der Waals surface area contributed by atoms with E-state index in [0.29, 0.717) is 5.41 Å². The van der Waals surface area contributed by atoms with E-state index in [-0.39, 0.29) is 0 Å². The van der Waals surface area contributed by atoms with Gasteiger partial charge in [0.05, 0.1) is 0 Å². The Morgan fingerprint density at radius 1 is 1.44 bits per heavy atom. The van der Waals surface area contributed by atoms with Crippen LogP contribution in [0.4, 0.5) is 0 Å². The zero-order valence-corrected chi connectivity index (χ0v) is 6.86. The monoisotopic (exact) mass is 124 g/mol. The molecule has 0 N–H and O–H groups in total. The molecule has 0 spiro atoms. The maximum absolute atomic E-state index is 2.39. The first kappa shape index (κ1) is 6.85. The Labute approximate surface area is 58.0 Å². The molecule has 0 heterocycles. The molecule has 0 amide bonds. The smallest absolute Gasteiger partial charge is 0.0174 e. The van der Waals surface area contributed by atoms with Gasteiger partial charge in [0.2, 0.25) is 0 Å². The zero-order valence-electron chi connectivity index (χ0n) is 6.86. The minimum Gasteiger partial charge on any atom is -0.0822 e. The molecule has 1 aliphatic rings. The topological polar surface area (TPSA) is 0 Å². The Bertz CT molecular complexity index is 136. The molecule has 0 unspecified atom stereocenters. The third-order valence-electron chi connectivity index (χ3n) is 2.12. The summed E-state index contributed by atoms with van der Waals surface area (Å²) in [6.07, 6.45) is 3.78. The van der Waals surface area contributed by atoms with Gasteiger partial charge < -0.3 is 0 Å². The summed E-state index contributed by atoms with van der Waals surface area (Å²) in [5.41, 5.74) is 2.09. The predicted octanol–water partition coefficient (Wildman–Crippen LogP) is 3.00. The third kappa shape index (κ3) is 1.57. The van der Waals surface area contributed by atoms with Crippen LogP contribution in [0, 0.1) is 11.3 Å². The van der Waals surface area contributed by atoms with Crippen molar-refractivity contribution in [3.05, 3.63) is 11.6 Å². The number of rotatable bonds is 1. The first-order valence-corrected chi connectivity index (χ1v) is 3.67. The zero-order chi connectivity index (χ0) is 7.07. The molecule has 52 valence electrons. The van der Waals surface area contributed by atoms with Crippen molar-refractivity contribution in [1.82, 2.24) is 0 Å². The lowest BCUT2D eigenvalue weighted by molar-refractivity contribution is 0.608. The van der Waals surface area contributed by atoms with E-state index in [1.165, 1.54) is 12.0 Å². The molecule has 0 nitrogen and oxygen atoms in total. The Kier molecular flexibility index (Phi) is 1.42. The van der Waals surface area contributed by atoms with Gasteiger partial charge in [-0.3, -0.25) is 0 Å². The quantitative estimate of drug-likeness (QED) is 0.471. The predicted molar refractivity (Wildman–Crippen MR) is 41.3 cm³/mol. The molecule has 1 rings (SSSR count). The molecule has 0 aromatic carbocycles. The van der Waals surface area contributed by atoms with Crippen LogP contribution in [-0.2, 0) is 0 Å². The molecule has 0 aromatic rings. The Balaban J connectivity index is 2.45. The molecule has 0 bridgehead atoms. The second-order valence-corrected chi connectivity index (χ2v) is 4.04. The van der Waals surface area contributed by atoms with E-state index in [0.717, 1.165) is 5.92 Å². The molecule has 1 aliphatic carbocycles. The molecule has 1 saturated carbocycles. The lowest BCUT2D eigenvalue weighted by Gasteiger charge is -1.96. The lowest BCUT2D eigenvalue weighted by Crippen LogP contribution is -1.86. The summed E-state index contributed by atoms with van der Waals surface area (Å²) in [7, 11) is 0. The highest BCUT2D eigenvalue weighted by Crippen LogP contribution is 2.52. The second kappa shape index (κ2) is 1.86. The van der Waals surface area contributed by atoms with Gasteiger partial charge in [-0.05, 0) is 31.6 Å². The van der Waals surface area contributed by atoms with Crippen LogP contribution >= 0.6 is 0 Å². The normalized spacial score (nSPS) is 29.6. The number of hydrogen-bond donors (Lipinski definition) is 0. The van der Waals surface area contributed by atoms with Crippen molar-refractivity contribution in [3.8, 4) is 0 Å². The Morgan fingerprint density at radius 3 is 2.00 bits per heavy atom. The van der Waals surface area contributed by atoms with Gasteiger partial charge in [0, 0.05) is 0 Å². The number of allylic oxidation sites excluding steroid dienone is 2. The summed E-state index contributed by atoms with van der Waals surface area (Å²) in [6, 6.07) is 0. The Morgan fingerprint density at radius 2 is 1.89 bits per heavy atom. The minimum absolute atomic E-state index is 0.622. The summed E-state index contributed by atoms with van der Waals surface area (Å²) in [5, 5.41) is 0. The SMILES string of the molecule is CC(C)=C[C@H]1CC1(C)C. The van der Waals surface area contributed by atoms with E-state index in [1.807, 2.05) is 0 Å². The summed E-state index contributed by atoms with van der Waals surface area (Å²) >= 11 is 0. The first-order chi connectivity index (χ1) is 4.02. The van der Waals surface area contributed by atoms with Crippen molar-refractivity contribution in [1.29, 1.82) is 0 Å². The minimum atomic E-state index is 0.622. The highest BCUT2D eigenvalue weighted by molar-refractivity contribution is 5.11.